The molecule has 0 aliphatic rings. The molecular weight excluding hydrogens is 1050 g/mol. The van der Waals surface area contributed by atoms with Crippen LogP contribution in [0.25, 0.3) is 133 Å². The molecule has 0 aliphatic heterocycles. The molecule has 10 aromatic carbocycles. The summed E-state index contributed by atoms with van der Waals surface area (Å²) < 4.78 is 4.36. The molecule has 0 amide bonds. The van der Waals surface area contributed by atoms with Crippen LogP contribution in [-0.2, 0) is 0 Å². The smallest absolute Gasteiger partial charge is 0.0998 e. The second-order valence-corrected chi connectivity index (χ2v) is 20.9. The largest absolute Gasteiger partial charge is 0.309 e. The second-order valence-electron chi connectivity index (χ2n) is 20.9. The molecular formula is C76H40N10. The molecule has 0 spiro atoms. The SMILES string of the molecule is N#Cc1ccc(-c2ccc3c(c2)c2cc(-c4ccc(C#N)c(-c5cc(-c6ccc7c8ccc(-c9ccc(C#N)cc9)cc8n(-c8ccc(-c9ccncc9)c(C#N)c8)c7c6)ccc5C#N)c4)ccc2n3-c2ccc(-c3ccncc3)c(C#N)c2)cc1. The highest BCUT2D eigenvalue weighted by atomic mass is 15.0. The Morgan fingerprint density at radius 2 is 0.581 bits per heavy atom. The predicted octanol–water partition coefficient (Wildman–Crippen LogP) is 17.6. The van der Waals surface area contributed by atoms with Crippen molar-refractivity contribution < 1.29 is 0 Å². The van der Waals surface area contributed by atoms with Gasteiger partial charge in [-0.2, -0.15) is 31.6 Å². The van der Waals surface area contributed by atoms with E-state index >= 15 is 0 Å². The Kier molecular flexibility index (Phi) is 12.6. The Balaban J connectivity index is 0.905. The number of rotatable bonds is 9. The number of hydrogen-bond acceptors (Lipinski definition) is 8. The van der Waals surface area contributed by atoms with Crippen LogP contribution in [0.3, 0.4) is 0 Å². The fourth-order valence-electron chi connectivity index (χ4n) is 12.0. The van der Waals surface area contributed by atoms with Gasteiger partial charge in [0.05, 0.1) is 91.9 Å². The summed E-state index contributed by atoms with van der Waals surface area (Å²) in [4.78, 5) is 8.37. The number of benzene rings is 10. The normalized spacial score (nSPS) is 11.0. The van der Waals surface area contributed by atoms with Gasteiger partial charge in [-0.15, -0.1) is 0 Å². The monoisotopic (exact) mass is 1090 g/mol. The Hall–Kier alpha value is -13.0. The van der Waals surface area contributed by atoms with Gasteiger partial charge < -0.3 is 9.13 Å². The lowest BCUT2D eigenvalue weighted by Crippen LogP contribution is -1.97. The summed E-state index contributed by atoms with van der Waals surface area (Å²) in [5.41, 5.74) is 20.2. The van der Waals surface area contributed by atoms with E-state index in [9.17, 15) is 31.6 Å². The van der Waals surface area contributed by atoms with E-state index in [2.05, 4.69) is 128 Å². The average Bonchev–Trinajstić information content (AvgIpc) is 1.92. The van der Waals surface area contributed by atoms with Crippen molar-refractivity contribution in [2.75, 3.05) is 0 Å². The lowest BCUT2D eigenvalue weighted by atomic mass is 9.90. The third kappa shape index (κ3) is 8.80. The van der Waals surface area contributed by atoms with Crippen molar-refractivity contribution in [2.45, 2.75) is 0 Å². The molecule has 14 aromatic rings. The number of hydrogen-bond donors (Lipinski definition) is 0. The first-order valence-electron chi connectivity index (χ1n) is 27.5. The van der Waals surface area contributed by atoms with Crippen molar-refractivity contribution in [1.82, 2.24) is 19.1 Å². The first kappa shape index (κ1) is 51.2. The molecule has 0 fully saturated rings. The highest BCUT2D eigenvalue weighted by molar-refractivity contribution is 6.13. The van der Waals surface area contributed by atoms with Crippen molar-refractivity contribution in [3.05, 3.63) is 277 Å². The van der Waals surface area contributed by atoms with Gasteiger partial charge in [-0.05, 0) is 200 Å². The Morgan fingerprint density at radius 3 is 1.00 bits per heavy atom. The fourth-order valence-corrected chi connectivity index (χ4v) is 12.0. The number of nitrogens with zero attached hydrogens (tertiary/aromatic N) is 10. The van der Waals surface area contributed by atoms with Gasteiger partial charge in [0.2, 0.25) is 0 Å². The van der Waals surface area contributed by atoms with Crippen molar-refractivity contribution in [3.8, 4) is 126 Å². The molecule has 14 rings (SSSR count). The molecule has 0 unspecified atom stereocenters. The second kappa shape index (κ2) is 21.2. The molecule has 10 nitrogen and oxygen atoms in total. The van der Waals surface area contributed by atoms with Crippen LogP contribution in [0.4, 0.5) is 0 Å². The molecule has 0 aliphatic carbocycles. The van der Waals surface area contributed by atoms with E-state index in [0.29, 0.717) is 44.5 Å². The van der Waals surface area contributed by atoms with Crippen LogP contribution in [0.1, 0.15) is 33.4 Å². The van der Waals surface area contributed by atoms with Gasteiger partial charge in [-0.3, -0.25) is 9.97 Å². The van der Waals surface area contributed by atoms with E-state index in [4.69, 9.17) is 0 Å². The minimum absolute atomic E-state index is 0.409. The molecule has 10 heteroatoms. The van der Waals surface area contributed by atoms with Crippen molar-refractivity contribution >= 4 is 43.6 Å². The summed E-state index contributed by atoms with van der Waals surface area (Å²) >= 11 is 0. The molecule has 0 atom stereocenters. The summed E-state index contributed by atoms with van der Waals surface area (Å²) in [7, 11) is 0. The number of fused-ring (bicyclic) bond motifs is 6. The van der Waals surface area contributed by atoms with Gasteiger partial charge in [0.15, 0.2) is 0 Å². The molecule has 4 heterocycles. The highest BCUT2D eigenvalue weighted by Gasteiger charge is 2.21. The van der Waals surface area contributed by atoms with Crippen LogP contribution in [0.2, 0.25) is 0 Å². The number of aromatic nitrogens is 4. The first-order chi connectivity index (χ1) is 42.3. The Bertz CT molecular complexity index is 5400. The molecule has 0 saturated carbocycles. The zero-order valence-electron chi connectivity index (χ0n) is 45.6. The van der Waals surface area contributed by atoms with Crippen LogP contribution < -0.4 is 0 Å². The number of nitriles is 6. The summed E-state index contributed by atoms with van der Waals surface area (Å²) in [6.07, 6.45) is 6.87. The minimum atomic E-state index is 0.409. The van der Waals surface area contributed by atoms with Gasteiger partial charge in [-0.25, -0.2) is 0 Å². The van der Waals surface area contributed by atoms with Gasteiger partial charge in [0, 0.05) is 68.8 Å². The summed E-state index contributed by atoms with van der Waals surface area (Å²) in [6.45, 7) is 0. The topological polar surface area (TPSA) is 178 Å². The first-order valence-corrected chi connectivity index (χ1v) is 27.5. The Labute approximate surface area is 493 Å². The maximum atomic E-state index is 10.8. The third-order valence-corrected chi connectivity index (χ3v) is 16.2. The molecule has 86 heavy (non-hydrogen) atoms. The van der Waals surface area contributed by atoms with Gasteiger partial charge in [-0.1, -0.05) is 84.9 Å². The van der Waals surface area contributed by atoms with Crippen LogP contribution in [0.15, 0.2) is 243 Å². The van der Waals surface area contributed by atoms with Crippen molar-refractivity contribution in [2.24, 2.45) is 0 Å². The van der Waals surface area contributed by atoms with Crippen LogP contribution in [0, 0.1) is 68.0 Å². The standard InChI is InChI=1S/C76H40N10/c77-41-47-1-5-49(6-2-47)53-15-23-73-71(37-53)72-38-56(16-24-74(72)85(73)63-17-21-65(61(33-63)45-81)51-25-29-83-30-26-51)54-9-11-59(43-79)69(35-54)70-36-55(10-12-60(70)44-80)58-14-20-68-67-19-13-57(50-7-3-48(42-78)4-8-50)39-75(67)86(76(68)40-58)64-18-22-66(62(34-64)46-82)52-27-31-84-32-28-52/h1-40H. The van der Waals surface area contributed by atoms with Crippen molar-refractivity contribution in [1.29, 1.82) is 31.6 Å². The quantitative estimate of drug-likeness (QED) is 0.137. The zero-order chi connectivity index (χ0) is 58.4. The van der Waals surface area contributed by atoms with Gasteiger partial charge >= 0.3 is 0 Å². The van der Waals surface area contributed by atoms with E-state index < -0.39 is 0 Å². The number of pyridine rings is 2. The van der Waals surface area contributed by atoms with Crippen molar-refractivity contribution in [3.63, 3.8) is 0 Å². The van der Waals surface area contributed by atoms with E-state index in [0.717, 1.165) is 122 Å². The highest BCUT2D eigenvalue weighted by Crippen LogP contribution is 2.43. The molecule has 4 aromatic heterocycles. The molecule has 0 radical (unpaired) electrons. The summed E-state index contributed by atoms with van der Waals surface area (Å²) in [5, 5.41) is 65.7. The van der Waals surface area contributed by atoms with Crippen LogP contribution in [-0.4, -0.2) is 19.1 Å². The van der Waals surface area contributed by atoms with E-state index in [-0.39, 0.29) is 0 Å². The lowest BCUT2D eigenvalue weighted by Gasteiger charge is -2.14. The fraction of sp³-hybridized carbons (Fsp3) is 0. The zero-order valence-corrected chi connectivity index (χ0v) is 45.6. The average molecular weight is 1090 g/mol. The maximum Gasteiger partial charge on any atom is 0.0998 e. The minimum Gasteiger partial charge on any atom is -0.309 e. The van der Waals surface area contributed by atoms with E-state index in [1.807, 2.05) is 146 Å². The van der Waals surface area contributed by atoms with Gasteiger partial charge in [0.1, 0.15) is 0 Å². The summed E-state index contributed by atoms with van der Waals surface area (Å²) in [6, 6.07) is 85.5. The molecule has 0 saturated heterocycles. The third-order valence-electron chi connectivity index (χ3n) is 16.2. The van der Waals surface area contributed by atoms with Gasteiger partial charge in [0.25, 0.3) is 0 Å². The predicted molar refractivity (Wildman–Crippen MR) is 337 cm³/mol. The van der Waals surface area contributed by atoms with E-state index in [1.54, 1.807) is 24.8 Å². The van der Waals surface area contributed by atoms with E-state index in [1.165, 1.54) is 0 Å². The summed E-state index contributed by atoms with van der Waals surface area (Å²) in [5.74, 6) is 0. The Morgan fingerprint density at radius 1 is 0.233 bits per heavy atom. The molecule has 394 valence electrons. The van der Waals surface area contributed by atoms with Crippen LogP contribution in [0.5, 0.6) is 0 Å². The molecule has 0 bridgehead atoms. The van der Waals surface area contributed by atoms with Crippen LogP contribution >= 0.6 is 0 Å². The maximum absolute atomic E-state index is 10.8. The molecule has 0 N–H and O–H groups in total. The lowest BCUT2D eigenvalue weighted by molar-refractivity contribution is 1.18.